The second kappa shape index (κ2) is 7.90. The summed E-state index contributed by atoms with van der Waals surface area (Å²) in [7, 11) is 0. The van der Waals surface area contributed by atoms with Gasteiger partial charge in [-0.1, -0.05) is 46.9 Å². The molecule has 2 aromatic rings. The maximum absolute atomic E-state index is 12.3. The van der Waals surface area contributed by atoms with E-state index in [9.17, 15) is 9.59 Å². The number of benzene rings is 1. The number of nitrogens with one attached hydrogen (secondary N) is 1. The van der Waals surface area contributed by atoms with Crippen molar-refractivity contribution in [3.05, 3.63) is 34.9 Å². The van der Waals surface area contributed by atoms with Crippen LogP contribution in [-0.2, 0) is 4.79 Å². The topological polar surface area (TPSA) is 72.0 Å². The highest BCUT2D eigenvalue weighted by molar-refractivity contribution is 8.01. The summed E-state index contributed by atoms with van der Waals surface area (Å²) in [6, 6.07) is 5.77. The van der Waals surface area contributed by atoms with E-state index in [1.807, 2.05) is 32.0 Å². The van der Waals surface area contributed by atoms with Crippen molar-refractivity contribution < 1.29 is 9.59 Å². The fraction of sp³-hybridized carbons (Fsp3) is 0.333. The number of Topliss-reactive ketones (excluding diaryl/α,β-unsaturated/α-hetero) is 1. The van der Waals surface area contributed by atoms with E-state index in [1.165, 1.54) is 23.1 Å². The fourth-order valence-electron chi connectivity index (χ4n) is 1.85. The molecule has 0 aliphatic rings. The monoisotopic (exact) mass is 369 g/mol. The molecule has 23 heavy (non-hydrogen) atoms. The number of carbonyl (C=O) groups is 2. The molecule has 1 aromatic heterocycles. The summed E-state index contributed by atoms with van der Waals surface area (Å²) in [5.41, 5.74) is 2.82. The van der Waals surface area contributed by atoms with Crippen LogP contribution >= 0.6 is 34.7 Å². The van der Waals surface area contributed by atoms with E-state index in [0.717, 1.165) is 16.7 Å². The molecule has 0 radical (unpaired) electrons. The Hall–Kier alpha value is -1.44. The van der Waals surface area contributed by atoms with Gasteiger partial charge in [0.1, 0.15) is 5.38 Å². The number of alkyl halides is 1. The van der Waals surface area contributed by atoms with Crippen molar-refractivity contribution in [3.63, 3.8) is 0 Å². The Bertz CT molecular complexity index is 731. The van der Waals surface area contributed by atoms with Gasteiger partial charge >= 0.3 is 0 Å². The Balaban J connectivity index is 1.94. The number of nitrogens with zero attached hydrogens (tertiary/aromatic N) is 2. The fourth-order valence-corrected chi connectivity index (χ4v) is 3.55. The van der Waals surface area contributed by atoms with E-state index in [-0.39, 0.29) is 17.4 Å². The van der Waals surface area contributed by atoms with E-state index in [0.29, 0.717) is 9.47 Å². The number of hydrogen-bond acceptors (Lipinski definition) is 6. The van der Waals surface area contributed by atoms with Gasteiger partial charge in [0.05, 0.1) is 5.75 Å². The largest absolute Gasteiger partial charge is 0.299 e. The Labute approximate surface area is 147 Å². The number of amides is 1. The molecule has 1 N–H and O–H groups in total. The summed E-state index contributed by atoms with van der Waals surface area (Å²) in [6.45, 7) is 5.50. The molecule has 0 bridgehead atoms. The first-order valence-corrected chi connectivity index (χ1v) is 9.12. The van der Waals surface area contributed by atoms with Gasteiger partial charge in [-0.25, -0.2) is 0 Å². The standard InChI is InChI=1S/C15H16ClN3O2S2/c1-8-4-5-11(9(2)6-8)12(20)7-22-15-19-18-14(23-15)17-13(21)10(3)16/h4-6,10H,7H2,1-3H3,(H,17,18,21). The predicted molar refractivity (Wildman–Crippen MR) is 94.8 cm³/mol. The number of carbonyl (C=O) groups excluding carboxylic acids is 2. The number of thioether (sulfide) groups is 1. The average Bonchev–Trinajstić information content (AvgIpc) is 2.92. The first kappa shape index (κ1) is 17.9. The maximum Gasteiger partial charge on any atom is 0.243 e. The van der Waals surface area contributed by atoms with Gasteiger partial charge in [-0.05, 0) is 26.3 Å². The van der Waals surface area contributed by atoms with Crippen LogP contribution in [0.5, 0.6) is 0 Å². The Morgan fingerprint density at radius 2 is 2.09 bits per heavy atom. The highest BCUT2D eigenvalue weighted by atomic mass is 35.5. The minimum Gasteiger partial charge on any atom is -0.299 e. The third kappa shape index (κ3) is 5.02. The lowest BCUT2D eigenvalue weighted by Crippen LogP contribution is -2.20. The summed E-state index contributed by atoms with van der Waals surface area (Å²) >= 11 is 8.20. The minimum atomic E-state index is -0.638. The highest BCUT2D eigenvalue weighted by Crippen LogP contribution is 2.26. The lowest BCUT2D eigenvalue weighted by Gasteiger charge is -2.04. The number of ketones is 1. The molecule has 0 fully saturated rings. The van der Waals surface area contributed by atoms with Crippen LogP contribution in [0.4, 0.5) is 5.13 Å². The van der Waals surface area contributed by atoms with Crippen LogP contribution in [0.2, 0.25) is 0 Å². The second-order valence-corrected chi connectivity index (χ2v) is 7.86. The molecule has 2 rings (SSSR count). The summed E-state index contributed by atoms with van der Waals surface area (Å²) in [4.78, 5) is 23.7. The van der Waals surface area contributed by atoms with Gasteiger partial charge in [0.15, 0.2) is 10.1 Å². The third-order valence-electron chi connectivity index (χ3n) is 3.01. The molecule has 5 nitrogen and oxygen atoms in total. The van der Waals surface area contributed by atoms with Gasteiger partial charge in [0.2, 0.25) is 11.0 Å². The molecule has 1 amide bonds. The molecule has 1 atom stereocenters. The molecule has 1 aromatic carbocycles. The number of halogens is 1. The zero-order chi connectivity index (χ0) is 17.0. The summed E-state index contributed by atoms with van der Waals surface area (Å²) in [6.07, 6.45) is 0. The van der Waals surface area contributed by atoms with Gasteiger partial charge < -0.3 is 0 Å². The average molecular weight is 370 g/mol. The lowest BCUT2D eigenvalue weighted by molar-refractivity contribution is -0.115. The molecule has 0 spiro atoms. The summed E-state index contributed by atoms with van der Waals surface area (Å²) in [5.74, 6) is -0.00772. The highest BCUT2D eigenvalue weighted by Gasteiger charge is 2.14. The van der Waals surface area contributed by atoms with Crippen LogP contribution < -0.4 is 5.32 Å². The van der Waals surface area contributed by atoms with Crippen molar-refractivity contribution in [2.75, 3.05) is 11.1 Å². The van der Waals surface area contributed by atoms with Gasteiger partial charge in [-0.15, -0.1) is 21.8 Å². The molecule has 0 saturated heterocycles. The predicted octanol–water partition coefficient (Wildman–Crippen LogP) is 3.70. The quantitative estimate of drug-likeness (QED) is 0.364. The van der Waals surface area contributed by atoms with E-state index >= 15 is 0 Å². The van der Waals surface area contributed by atoms with Crippen molar-refractivity contribution in [1.82, 2.24) is 10.2 Å². The molecule has 1 unspecified atom stereocenters. The minimum absolute atomic E-state index is 0.0441. The van der Waals surface area contributed by atoms with Crippen LogP contribution in [0.3, 0.4) is 0 Å². The van der Waals surface area contributed by atoms with Crippen LogP contribution in [0, 0.1) is 13.8 Å². The van der Waals surface area contributed by atoms with Gasteiger partial charge in [-0.3, -0.25) is 14.9 Å². The van der Waals surface area contributed by atoms with Crippen molar-refractivity contribution in [3.8, 4) is 0 Å². The SMILES string of the molecule is Cc1ccc(C(=O)CSc2nnc(NC(=O)C(C)Cl)s2)c(C)c1. The molecule has 1 heterocycles. The zero-order valence-electron chi connectivity index (χ0n) is 12.9. The summed E-state index contributed by atoms with van der Waals surface area (Å²) < 4.78 is 0.626. The van der Waals surface area contributed by atoms with Crippen LogP contribution in [0.25, 0.3) is 0 Å². The van der Waals surface area contributed by atoms with Crippen LogP contribution in [0.1, 0.15) is 28.4 Å². The van der Waals surface area contributed by atoms with Gasteiger partial charge in [0, 0.05) is 5.56 Å². The van der Waals surface area contributed by atoms with Crippen molar-refractivity contribution in [2.45, 2.75) is 30.5 Å². The van der Waals surface area contributed by atoms with Crippen molar-refractivity contribution in [2.24, 2.45) is 0 Å². The number of rotatable bonds is 6. The lowest BCUT2D eigenvalue weighted by atomic mass is 10.0. The van der Waals surface area contributed by atoms with Crippen LogP contribution in [-0.4, -0.2) is 33.0 Å². The van der Waals surface area contributed by atoms with Crippen molar-refractivity contribution in [1.29, 1.82) is 0 Å². The smallest absolute Gasteiger partial charge is 0.243 e. The molecule has 0 aliphatic carbocycles. The van der Waals surface area contributed by atoms with Gasteiger partial charge in [-0.2, -0.15) is 0 Å². The Morgan fingerprint density at radius 3 is 2.74 bits per heavy atom. The summed E-state index contributed by atoms with van der Waals surface area (Å²) in [5, 5.41) is 10.1. The molecular weight excluding hydrogens is 354 g/mol. The number of aryl methyl sites for hydroxylation is 2. The number of hydrogen-bond donors (Lipinski definition) is 1. The maximum atomic E-state index is 12.3. The molecular formula is C15H16ClN3O2S2. The third-order valence-corrected chi connectivity index (χ3v) is 5.18. The van der Waals surface area contributed by atoms with Gasteiger partial charge in [0.25, 0.3) is 0 Å². The molecule has 0 aliphatic heterocycles. The van der Waals surface area contributed by atoms with E-state index in [1.54, 1.807) is 6.92 Å². The molecule has 8 heteroatoms. The zero-order valence-corrected chi connectivity index (χ0v) is 15.3. The Kier molecular flexibility index (Phi) is 6.15. The first-order valence-electron chi connectivity index (χ1n) is 6.88. The number of anilines is 1. The molecule has 122 valence electrons. The van der Waals surface area contributed by atoms with Crippen LogP contribution in [0.15, 0.2) is 22.5 Å². The van der Waals surface area contributed by atoms with E-state index in [4.69, 9.17) is 11.6 Å². The first-order chi connectivity index (χ1) is 10.9. The second-order valence-electron chi connectivity index (χ2n) is 5.01. The molecule has 0 saturated carbocycles. The van der Waals surface area contributed by atoms with E-state index < -0.39 is 5.38 Å². The normalized spacial score (nSPS) is 12.0. The van der Waals surface area contributed by atoms with E-state index in [2.05, 4.69) is 15.5 Å². The Morgan fingerprint density at radius 1 is 1.35 bits per heavy atom. The number of aromatic nitrogens is 2. The van der Waals surface area contributed by atoms with Crippen molar-refractivity contribution >= 4 is 51.5 Å².